The molecule has 2 amide bonds. The van der Waals surface area contributed by atoms with Gasteiger partial charge < -0.3 is 14.8 Å². The Bertz CT molecular complexity index is 693. The van der Waals surface area contributed by atoms with Crippen molar-refractivity contribution in [2.75, 3.05) is 31.0 Å². The van der Waals surface area contributed by atoms with Gasteiger partial charge in [0, 0.05) is 36.1 Å². The van der Waals surface area contributed by atoms with E-state index in [0.29, 0.717) is 23.7 Å². The molecule has 23 heavy (non-hydrogen) atoms. The summed E-state index contributed by atoms with van der Waals surface area (Å²) in [6.07, 6.45) is 1.97. The molecule has 1 aliphatic heterocycles. The highest BCUT2D eigenvalue weighted by Crippen LogP contribution is 2.29. The van der Waals surface area contributed by atoms with Crippen molar-refractivity contribution in [3.63, 3.8) is 0 Å². The minimum absolute atomic E-state index is 0.146. The van der Waals surface area contributed by atoms with Crippen molar-refractivity contribution in [2.45, 2.75) is 12.8 Å². The van der Waals surface area contributed by atoms with E-state index in [4.69, 9.17) is 9.47 Å². The molecule has 0 atom stereocenters. The van der Waals surface area contributed by atoms with E-state index in [1.807, 2.05) is 18.2 Å². The molecule has 0 saturated heterocycles. The normalized spacial score (nSPS) is 13.2. The Hall–Kier alpha value is -2.69. The molecule has 5 nitrogen and oxygen atoms in total. The fraction of sp³-hybridized carbons (Fsp3) is 0.278. The molecule has 1 heterocycles. The highest BCUT2D eigenvalue weighted by atomic mass is 16.5. The van der Waals surface area contributed by atoms with Crippen LogP contribution in [0.1, 0.15) is 12.0 Å². The Balaban J connectivity index is 1.83. The van der Waals surface area contributed by atoms with Crippen molar-refractivity contribution in [3.8, 4) is 11.5 Å². The van der Waals surface area contributed by atoms with Crippen LogP contribution in [0.2, 0.25) is 0 Å². The number of methoxy groups -OCH3 is 2. The molecule has 0 unspecified atom stereocenters. The lowest BCUT2D eigenvalue weighted by Gasteiger charge is -2.29. The second kappa shape index (κ2) is 6.60. The van der Waals surface area contributed by atoms with Crippen LogP contribution in [-0.2, 0) is 6.42 Å². The summed E-state index contributed by atoms with van der Waals surface area (Å²) in [6.45, 7) is 0.712. The fourth-order valence-electron chi connectivity index (χ4n) is 2.82. The number of amides is 2. The maximum atomic E-state index is 12.7. The van der Waals surface area contributed by atoms with E-state index in [2.05, 4.69) is 11.4 Å². The number of aryl methyl sites for hydroxylation is 1. The lowest BCUT2D eigenvalue weighted by molar-refractivity contribution is 0.256. The molecule has 1 aliphatic rings. The molecule has 0 aromatic heterocycles. The number of para-hydroxylation sites is 1. The number of carbonyl (C=O) groups excluding carboxylic acids is 1. The quantitative estimate of drug-likeness (QED) is 0.940. The lowest BCUT2D eigenvalue weighted by Crippen LogP contribution is -2.38. The number of anilines is 2. The van der Waals surface area contributed by atoms with Crippen LogP contribution in [0.4, 0.5) is 16.2 Å². The summed E-state index contributed by atoms with van der Waals surface area (Å²) < 4.78 is 10.5. The smallest absolute Gasteiger partial charge is 0.326 e. The zero-order valence-corrected chi connectivity index (χ0v) is 13.3. The van der Waals surface area contributed by atoms with Gasteiger partial charge >= 0.3 is 6.03 Å². The second-order valence-corrected chi connectivity index (χ2v) is 5.42. The Kier molecular flexibility index (Phi) is 4.37. The number of urea groups is 1. The molecule has 2 aromatic carbocycles. The average Bonchev–Trinajstić information content (AvgIpc) is 2.60. The predicted molar refractivity (Wildman–Crippen MR) is 90.7 cm³/mol. The van der Waals surface area contributed by atoms with Crippen molar-refractivity contribution in [3.05, 3.63) is 48.0 Å². The summed E-state index contributed by atoms with van der Waals surface area (Å²) >= 11 is 0. The summed E-state index contributed by atoms with van der Waals surface area (Å²) in [4.78, 5) is 14.4. The number of carbonyl (C=O) groups is 1. The number of nitrogens with one attached hydrogen (secondary N) is 1. The van der Waals surface area contributed by atoms with Gasteiger partial charge in [0.1, 0.15) is 11.5 Å². The standard InChI is InChI=1S/C18H20N2O3/c1-22-15-10-14(11-16(12-15)23-2)19-18(21)20-9-5-7-13-6-3-4-8-17(13)20/h3-4,6,8,10-12H,5,7,9H2,1-2H3,(H,19,21). The SMILES string of the molecule is COc1cc(NC(=O)N2CCCc3ccccc32)cc(OC)c1. The van der Waals surface area contributed by atoms with Crippen molar-refractivity contribution in [1.29, 1.82) is 0 Å². The molecule has 0 saturated carbocycles. The third-order valence-corrected chi connectivity index (χ3v) is 3.96. The van der Waals surface area contributed by atoms with Gasteiger partial charge in [-0.3, -0.25) is 4.90 Å². The molecule has 0 fully saturated rings. The van der Waals surface area contributed by atoms with Gasteiger partial charge in [0.2, 0.25) is 0 Å². The van der Waals surface area contributed by atoms with Gasteiger partial charge in [-0.2, -0.15) is 0 Å². The largest absolute Gasteiger partial charge is 0.497 e. The number of nitrogens with zero attached hydrogens (tertiary/aromatic N) is 1. The molecular formula is C18H20N2O3. The third-order valence-electron chi connectivity index (χ3n) is 3.96. The van der Waals surface area contributed by atoms with Crippen LogP contribution in [0.3, 0.4) is 0 Å². The first-order chi connectivity index (χ1) is 11.2. The van der Waals surface area contributed by atoms with Crippen LogP contribution >= 0.6 is 0 Å². The first-order valence-electron chi connectivity index (χ1n) is 7.61. The lowest BCUT2D eigenvalue weighted by atomic mass is 10.0. The number of fused-ring (bicyclic) bond motifs is 1. The Morgan fingerprint density at radius 3 is 2.48 bits per heavy atom. The van der Waals surface area contributed by atoms with Crippen LogP contribution in [0.15, 0.2) is 42.5 Å². The number of hydrogen-bond acceptors (Lipinski definition) is 3. The van der Waals surface area contributed by atoms with Crippen LogP contribution in [0.25, 0.3) is 0 Å². The maximum absolute atomic E-state index is 12.7. The Morgan fingerprint density at radius 1 is 1.09 bits per heavy atom. The highest BCUT2D eigenvalue weighted by molar-refractivity contribution is 6.02. The van der Waals surface area contributed by atoms with Crippen LogP contribution in [-0.4, -0.2) is 26.8 Å². The summed E-state index contributed by atoms with van der Waals surface area (Å²) in [5.74, 6) is 1.28. The molecule has 5 heteroatoms. The molecule has 120 valence electrons. The first-order valence-corrected chi connectivity index (χ1v) is 7.61. The molecule has 2 aromatic rings. The summed E-state index contributed by atoms with van der Waals surface area (Å²) in [5, 5.41) is 2.93. The molecule has 3 rings (SSSR count). The van der Waals surface area contributed by atoms with E-state index in [9.17, 15) is 4.79 Å². The molecule has 0 aliphatic carbocycles. The van der Waals surface area contributed by atoms with Crippen molar-refractivity contribution in [1.82, 2.24) is 0 Å². The van der Waals surface area contributed by atoms with E-state index in [-0.39, 0.29) is 6.03 Å². The molecule has 1 N–H and O–H groups in total. The minimum Gasteiger partial charge on any atom is -0.497 e. The fourth-order valence-corrected chi connectivity index (χ4v) is 2.82. The monoisotopic (exact) mass is 312 g/mol. The summed E-state index contributed by atoms with van der Waals surface area (Å²) in [7, 11) is 3.17. The van der Waals surface area contributed by atoms with Gasteiger partial charge in [0.05, 0.1) is 14.2 Å². The topological polar surface area (TPSA) is 50.8 Å². The van der Waals surface area contributed by atoms with Crippen LogP contribution in [0, 0.1) is 0 Å². The van der Waals surface area contributed by atoms with Crippen molar-refractivity contribution in [2.24, 2.45) is 0 Å². The van der Waals surface area contributed by atoms with Gasteiger partial charge in [-0.15, -0.1) is 0 Å². The van der Waals surface area contributed by atoms with E-state index < -0.39 is 0 Å². The van der Waals surface area contributed by atoms with Gasteiger partial charge in [-0.1, -0.05) is 18.2 Å². The zero-order valence-electron chi connectivity index (χ0n) is 13.3. The summed E-state index contributed by atoms with van der Waals surface area (Å²) in [6, 6.07) is 13.2. The van der Waals surface area contributed by atoms with Gasteiger partial charge in [-0.25, -0.2) is 4.79 Å². The number of rotatable bonds is 3. The molecule has 0 bridgehead atoms. The maximum Gasteiger partial charge on any atom is 0.326 e. The van der Waals surface area contributed by atoms with E-state index in [1.165, 1.54) is 5.56 Å². The molecule has 0 spiro atoms. The highest BCUT2D eigenvalue weighted by Gasteiger charge is 2.22. The van der Waals surface area contributed by atoms with Gasteiger partial charge in [0.15, 0.2) is 0 Å². The minimum atomic E-state index is -0.146. The number of ether oxygens (including phenoxy) is 2. The van der Waals surface area contributed by atoms with Crippen LogP contribution in [0.5, 0.6) is 11.5 Å². The summed E-state index contributed by atoms with van der Waals surface area (Å²) in [5.41, 5.74) is 2.83. The predicted octanol–water partition coefficient (Wildman–Crippen LogP) is 3.69. The van der Waals surface area contributed by atoms with E-state index >= 15 is 0 Å². The second-order valence-electron chi connectivity index (χ2n) is 5.42. The van der Waals surface area contributed by atoms with Crippen molar-refractivity contribution >= 4 is 17.4 Å². The van der Waals surface area contributed by atoms with Gasteiger partial charge in [-0.05, 0) is 24.5 Å². The van der Waals surface area contributed by atoms with Gasteiger partial charge in [0.25, 0.3) is 0 Å². The third kappa shape index (κ3) is 3.23. The number of hydrogen-bond donors (Lipinski definition) is 1. The average molecular weight is 312 g/mol. The van der Waals surface area contributed by atoms with E-state index in [0.717, 1.165) is 18.5 Å². The zero-order chi connectivity index (χ0) is 16.2. The Morgan fingerprint density at radius 2 is 1.78 bits per heavy atom. The van der Waals surface area contributed by atoms with E-state index in [1.54, 1.807) is 37.3 Å². The van der Waals surface area contributed by atoms with Crippen molar-refractivity contribution < 1.29 is 14.3 Å². The number of benzene rings is 2. The Labute approximate surface area is 135 Å². The first kappa shape index (κ1) is 15.2. The van der Waals surface area contributed by atoms with Crippen LogP contribution < -0.4 is 19.7 Å². The molecular weight excluding hydrogens is 292 g/mol. The molecule has 0 radical (unpaired) electrons.